The molecule has 0 atom stereocenters. The highest BCUT2D eigenvalue weighted by Gasteiger charge is 1.85. The molecule has 0 aliphatic rings. The van der Waals surface area contributed by atoms with E-state index in [-0.39, 0.29) is 0 Å². The first kappa shape index (κ1) is 8.85. The van der Waals surface area contributed by atoms with Gasteiger partial charge in [0.1, 0.15) is 16.8 Å². The molecule has 54 valence electrons. The molecule has 0 N–H and O–H groups in total. The van der Waals surface area contributed by atoms with Crippen LogP contribution in [0.2, 0.25) is 0 Å². The highest BCUT2D eigenvalue weighted by molar-refractivity contribution is 5.97. The van der Waals surface area contributed by atoms with Crippen LogP contribution in [0.25, 0.3) is 0 Å². The zero-order valence-corrected chi connectivity index (χ0v) is 7.93. The van der Waals surface area contributed by atoms with Gasteiger partial charge in [-0.05, 0) is 12.8 Å². The number of rotatable bonds is 6. The molecule has 0 saturated heterocycles. The molecule has 0 bridgehead atoms. The molecule has 0 spiro atoms. The Hall–Kier alpha value is -0.153. The summed E-state index contributed by atoms with van der Waals surface area (Å²) in [6.45, 7) is 0.880. The van der Waals surface area contributed by atoms with E-state index >= 15 is 0 Å². The summed E-state index contributed by atoms with van der Waals surface area (Å²) in [7, 11) is 0.839. The number of hydrogen-bond acceptors (Lipinski definition) is 2. The molecule has 0 saturated carbocycles. The Labute approximate surface area is 59.1 Å². The molecule has 0 aliphatic carbocycles. The Kier molecular flexibility index (Phi) is 7.71. The number of carbonyl (C=O) groups excluding carboxylic acids is 1. The summed E-state index contributed by atoms with van der Waals surface area (Å²) < 4.78 is 4.97. The smallest absolute Gasteiger partial charge is 0.145 e. The number of carbonyl (C=O) groups is 1. The lowest BCUT2D eigenvalue weighted by molar-refractivity contribution is -0.107. The maximum absolute atomic E-state index is 9.81. The fourth-order valence-electron chi connectivity index (χ4n) is 0.651. The van der Waals surface area contributed by atoms with Gasteiger partial charge in [0.25, 0.3) is 0 Å². The molecule has 0 aromatic carbocycles. The van der Waals surface area contributed by atoms with Gasteiger partial charge in [0.15, 0.2) is 0 Å². The topological polar surface area (TPSA) is 26.3 Å². The van der Waals surface area contributed by atoms with E-state index in [0.29, 0.717) is 6.42 Å². The Bertz CT molecular complexity index is 66.1. The van der Waals surface area contributed by atoms with Crippen LogP contribution in [-0.4, -0.2) is 23.4 Å². The van der Waals surface area contributed by atoms with Gasteiger partial charge in [-0.1, -0.05) is 6.42 Å². The van der Waals surface area contributed by atoms with Gasteiger partial charge < -0.3 is 9.22 Å². The largest absolute Gasteiger partial charge is 0.428 e. The molecule has 0 aliphatic heterocycles. The van der Waals surface area contributed by atoms with Gasteiger partial charge in [0.2, 0.25) is 0 Å². The van der Waals surface area contributed by atoms with Crippen LogP contribution >= 0.6 is 0 Å². The van der Waals surface area contributed by atoms with E-state index in [9.17, 15) is 4.79 Å². The van der Waals surface area contributed by atoms with Crippen molar-refractivity contribution in [3.8, 4) is 0 Å². The maximum atomic E-state index is 9.81. The zero-order valence-electron chi connectivity index (χ0n) is 5.93. The lowest BCUT2D eigenvalue weighted by atomic mass is 10.2. The Morgan fingerprint density at radius 1 is 1.33 bits per heavy atom. The van der Waals surface area contributed by atoms with Crippen molar-refractivity contribution < 1.29 is 9.22 Å². The molecular weight excluding hydrogens is 132 g/mol. The van der Waals surface area contributed by atoms with Gasteiger partial charge in [-0.15, -0.1) is 0 Å². The molecule has 3 heteroatoms. The van der Waals surface area contributed by atoms with Gasteiger partial charge in [-0.2, -0.15) is 0 Å². The fourth-order valence-corrected chi connectivity index (χ4v) is 0.940. The van der Waals surface area contributed by atoms with Crippen molar-refractivity contribution in [3.63, 3.8) is 0 Å². The van der Waals surface area contributed by atoms with Crippen LogP contribution in [0.15, 0.2) is 0 Å². The summed E-state index contributed by atoms with van der Waals surface area (Å²) in [5, 5.41) is 0. The maximum Gasteiger partial charge on any atom is 0.145 e. The standard InChI is InChI=1S/C6H14O2Si/c7-5-3-1-2-4-6-8-9/h5H,1-4,6H2,9H3. The molecule has 0 unspecified atom stereocenters. The van der Waals surface area contributed by atoms with Crippen molar-refractivity contribution in [1.82, 2.24) is 0 Å². The average Bonchev–Trinajstić information content (AvgIpc) is 1.89. The molecule has 0 radical (unpaired) electrons. The van der Waals surface area contributed by atoms with Crippen LogP contribution in [0.4, 0.5) is 0 Å². The van der Waals surface area contributed by atoms with E-state index in [1.807, 2.05) is 0 Å². The number of unbranched alkanes of at least 4 members (excludes halogenated alkanes) is 3. The fraction of sp³-hybridized carbons (Fsp3) is 0.833. The Morgan fingerprint density at radius 3 is 2.67 bits per heavy atom. The van der Waals surface area contributed by atoms with Crippen LogP contribution < -0.4 is 0 Å². The van der Waals surface area contributed by atoms with Gasteiger partial charge >= 0.3 is 0 Å². The predicted octanol–water partition coefficient (Wildman–Crippen LogP) is 0.0427. The summed E-state index contributed by atoms with van der Waals surface area (Å²) in [5.74, 6) is 0. The van der Waals surface area contributed by atoms with Gasteiger partial charge in [0.05, 0.1) is 0 Å². The number of aldehydes is 1. The Balaban J connectivity index is 2.66. The molecule has 0 aromatic heterocycles. The minimum atomic E-state index is 0.709. The average molecular weight is 146 g/mol. The quantitative estimate of drug-likeness (QED) is 0.300. The molecule has 9 heavy (non-hydrogen) atoms. The summed E-state index contributed by atoms with van der Waals surface area (Å²) in [5.41, 5.74) is 0. The van der Waals surface area contributed by atoms with Gasteiger partial charge in [-0.25, -0.2) is 0 Å². The molecule has 0 aromatic rings. The molecular formula is C6H14O2Si. The van der Waals surface area contributed by atoms with Crippen LogP contribution in [0, 0.1) is 0 Å². The van der Waals surface area contributed by atoms with Crippen LogP contribution in [0.3, 0.4) is 0 Å². The normalized spacial score (nSPS) is 9.78. The monoisotopic (exact) mass is 146 g/mol. The van der Waals surface area contributed by atoms with Gasteiger partial charge in [0, 0.05) is 13.0 Å². The van der Waals surface area contributed by atoms with E-state index < -0.39 is 0 Å². The van der Waals surface area contributed by atoms with Crippen LogP contribution in [-0.2, 0) is 9.22 Å². The minimum Gasteiger partial charge on any atom is -0.428 e. The lowest BCUT2D eigenvalue weighted by Crippen LogP contribution is -1.89. The van der Waals surface area contributed by atoms with Crippen molar-refractivity contribution in [2.45, 2.75) is 25.7 Å². The first-order chi connectivity index (χ1) is 4.41. The number of hydrogen-bond donors (Lipinski definition) is 0. The lowest BCUT2D eigenvalue weighted by Gasteiger charge is -1.95. The molecule has 0 heterocycles. The van der Waals surface area contributed by atoms with E-state index in [1.54, 1.807) is 0 Å². The molecule has 0 rings (SSSR count). The van der Waals surface area contributed by atoms with Crippen molar-refractivity contribution >= 4 is 16.8 Å². The molecule has 0 fully saturated rings. The first-order valence-electron chi connectivity index (χ1n) is 3.34. The summed E-state index contributed by atoms with van der Waals surface area (Å²) >= 11 is 0. The summed E-state index contributed by atoms with van der Waals surface area (Å²) in [6, 6.07) is 0. The third-order valence-corrected chi connectivity index (χ3v) is 1.58. The SMILES string of the molecule is O=CCCCCCO[SiH3]. The van der Waals surface area contributed by atoms with E-state index in [0.717, 1.165) is 42.6 Å². The third-order valence-electron chi connectivity index (χ3n) is 1.17. The van der Waals surface area contributed by atoms with E-state index in [4.69, 9.17) is 4.43 Å². The van der Waals surface area contributed by atoms with Gasteiger partial charge in [-0.3, -0.25) is 0 Å². The third kappa shape index (κ3) is 7.85. The highest BCUT2D eigenvalue weighted by atomic mass is 28.2. The minimum absolute atomic E-state index is 0.709. The summed E-state index contributed by atoms with van der Waals surface area (Å²) in [6.07, 6.45) is 4.94. The molecule has 2 nitrogen and oxygen atoms in total. The Morgan fingerprint density at radius 2 is 2.11 bits per heavy atom. The first-order valence-corrected chi connectivity index (χ1v) is 4.16. The second kappa shape index (κ2) is 7.85. The highest BCUT2D eigenvalue weighted by Crippen LogP contribution is 1.96. The van der Waals surface area contributed by atoms with Crippen LogP contribution in [0.5, 0.6) is 0 Å². The molecule has 0 amide bonds. The van der Waals surface area contributed by atoms with E-state index in [2.05, 4.69) is 0 Å². The van der Waals surface area contributed by atoms with Crippen molar-refractivity contribution in [3.05, 3.63) is 0 Å². The van der Waals surface area contributed by atoms with Crippen LogP contribution in [0.1, 0.15) is 25.7 Å². The second-order valence-electron chi connectivity index (χ2n) is 2.01. The van der Waals surface area contributed by atoms with Crippen molar-refractivity contribution in [2.24, 2.45) is 0 Å². The van der Waals surface area contributed by atoms with Crippen molar-refractivity contribution in [2.75, 3.05) is 6.61 Å². The van der Waals surface area contributed by atoms with Crippen molar-refractivity contribution in [1.29, 1.82) is 0 Å². The second-order valence-corrected chi connectivity index (χ2v) is 2.59. The predicted molar refractivity (Wildman–Crippen MR) is 40.4 cm³/mol. The summed E-state index contributed by atoms with van der Waals surface area (Å²) in [4.78, 5) is 9.81. The van der Waals surface area contributed by atoms with E-state index in [1.165, 1.54) is 0 Å². The zero-order chi connectivity index (χ0) is 6.95.